The van der Waals surface area contributed by atoms with Gasteiger partial charge in [-0.1, -0.05) is 39.4 Å². The number of carbonyl (C=O) groups excluding carboxylic acids is 2. The molecule has 4 rings (SSSR count). The Labute approximate surface area is 212 Å². The van der Waals surface area contributed by atoms with Crippen molar-refractivity contribution < 1.29 is 23.5 Å². The Bertz CT molecular complexity index is 1540. The molecule has 1 aliphatic heterocycles. The molecule has 0 N–H and O–H groups in total. The van der Waals surface area contributed by atoms with Gasteiger partial charge in [0.15, 0.2) is 4.80 Å². The van der Waals surface area contributed by atoms with Crippen molar-refractivity contribution in [1.82, 2.24) is 4.57 Å². The van der Waals surface area contributed by atoms with E-state index in [0.29, 0.717) is 31.9 Å². The second-order valence-electron chi connectivity index (χ2n) is 7.63. The van der Waals surface area contributed by atoms with Crippen LogP contribution in [0.3, 0.4) is 0 Å². The van der Waals surface area contributed by atoms with Crippen LogP contribution in [0, 0.1) is 5.82 Å². The molecule has 180 valence electrons. The SMILES string of the molecule is CCOC(=O)C1=C(C)N=c2s/c(=C\c3cc(Br)ccc3OC(C)=O)c(=O)n2[C@@H]1c1ccc(F)cc1. The molecule has 2 aromatic carbocycles. The molecule has 0 fully saturated rings. The van der Waals surface area contributed by atoms with Gasteiger partial charge in [0, 0.05) is 17.0 Å². The number of aromatic nitrogens is 1. The van der Waals surface area contributed by atoms with Gasteiger partial charge in [-0.15, -0.1) is 0 Å². The molecule has 2 heterocycles. The normalized spacial score (nSPS) is 15.5. The van der Waals surface area contributed by atoms with Gasteiger partial charge >= 0.3 is 11.9 Å². The van der Waals surface area contributed by atoms with E-state index in [1.165, 1.54) is 35.8 Å². The maximum atomic E-state index is 13.7. The lowest BCUT2D eigenvalue weighted by Gasteiger charge is -2.24. The number of thiazole rings is 1. The minimum absolute atomic E-state index is 0.151. The molecule has 0 amide bonds. The number of hydrogen-bond donors (Lipinski definition) is 0. The van der Waals surface area contributed by atoms with Crippen LogP contribution in [-0.4, -0.2) is 23.1 Å². The van der Waals surface area contributed by atoms with E-state index >= 15 is 0 Å². The first-order chi connectivity index (χ1) is 16.7. The first-order valence-corrected chi connectivity index (χ1v) is 12.2. The summed E-state index contributed by atoms with van der Waals surface area (Å²) in [4.78, 5) is 42.9. The molecule has 1 aromatic heterocycles. The van der Waals surface area contributed by atoms with Crippen molar-refractivity contribution in [2.45, 2.75) is 26.8 Å². The number of esters is 2. The molecular weight excluding hydrogens is 539 g/mol. The highest BCUT2D eigenvalue weighted by Gasteiger charge is 2.33. The minimum atomic E-state index is -0.844. The largest absolute Gasteiger partial charge is 0.463 e. The van der Waals surface area contributed by atoms with Crippen molar-refractivity contribution in [1.29, 1.82) is 0 Å². The van der Waals surface area contributed by atoms with E-state index in [1.807, 2.05) is 0 Å². The second kappa shape index (κ2) is 10.1. The van der Waals surface area contributed by atoms with Gasteiger partial charge in [-0.2, -0.15) is 0 Å². The van der Waals surface area contributed by atoms with Crippen molar-refractivity contribution in [2.24, 2.45) is 4.99 Å². The van der Waals surface area contributed by atoms with Crippen LogP contribution >= 0.6 is 27.3 Å². The third-order valence-corrected chi connectivity index (χ3v) is 6.69. The van der Waals surface area contributed by atoms with E-state index in [0.717, 1.165) is 15.8 Å². The summed E-state index contributed by atoms with van der Waals surface area (Å²) in [6.45, 7) is 4.81. The van der Waals surface area contributed by atoms with Crippen molar-refractivity contribution in [3.63, 3.8) is 0 Å². The number of benzene rings is 2. The minimum Gasteiger partial charge on any atom is -0.463 e. The van der Waals surface area contributed by atoms with Gasteiger partial charge in [-0.3, -0.25) is 14.2 Å². The molecule has 0 saturated carbocycles. The lowest BCUT2D eigenvalue weighted by Crippen LogP contribution is -2.39. The molecule has 7 nitrogen and oxygen atoms in total. The van der Waals surface area contributed by atoms with Crippen molar-refractivity contribution >= 4 is 45.3 Å². The summed E-state index contributed by atoms with van der Waals surface area (Å²) in [6.07, 6.45) is 1.61. The van der Waals surface area contributed by atoms with Crippen LogP contribution in [0.1, 0.15) is 37.9 Å². The average molecular weight is 559 g/mol. The first-order valence-electron chi connectivity index (χ1n) is 10.6. The first kappa shape index (κ1) is 24.7. The number of halogens is 2. The third-order valence-electron chi connectivity index (χ3n) is 5.21. The molecule has 0 bridgehead atoms. The lowest BCUT2D eigenvalue weighted by molar-refractivity contribution is -0.139. The van der Waals surface area contributed by atoms with E-state index in [-0.39, 0.29) is 12.2 Å². The van der Waals surface area contributed by atoms with Crippen molar-refractivity contribution in [2.75, 3.05) is 6.61 Å². The van der Waals surface area contributed by atoms with Crippen LogP contribution in [0.4, 0.5) is 4.39 Å². The molecule has 35 heavy (non-hydrogen) atoms. The Kier molecular flexibility index (Phi) is 7.13. The summed E-state index contributed by atoms with van der Waals surface area (Å²) in [6, 6.07) is 9.84. The van der Waals surface area contributed by atoms with Crippen LogP contribution in [0.2, 0.25) is 0 Å². The molecule has 0 unspecified atom stereocenters. The van der Waals surface area contributed by atoms with Crippen LogP contribution in [-0.2, 0) is 14.3 Å². The Hall–Kier alpha value is -3.37. The van der Waals surface area contributed by atoms with E-state index in [4.69, 9.17) is 9.47 Å². The van der Waals surface area contributed by atoms with Crippen LogP contribution in [0.5, 0.6) is 5.75 Å². The summed E-state index contributed by atoms with van der Waals surface area (Å²) >= 11 is 4.53. The molecule has 0 saturated heterocycles. The fourth-order valence-electron chi connectivity index (χ4n) is 3.77. The van der Waals surface area contributed by atoms with Gasteiger partial charge in [0.25, 0.3) is 5.56 Å². The van der Waals surface area contributed by atoms with Gasteiger partial charge in [-0.25, -0.2) is 14.2 Å². The van der Waals surface area contributed by atoms with Crippen molar-refractivity contribution in [3.8, 4) is 5.75 Å². The molecule has 3 aromatic rings. The highest BCUT2D eigenvalue weighted by Crippen LogP contribution is 2.31. The fourth-order valence-corrected chi connectivity index (χ4v) is 5.19. The number of hydrogen-bond acceptors (Lipinski definition) is 7. The predicted octanol–water partition coefficient (Wildman–Crippen LogP) is 3.63. The molecule has 1 aliphatic rings. The van der Waals surface area contributed by atoms with Gasteiger partial charge in [0.1, 0.15) is 11.6 Å². The molecule has 0 aliphatic carbocycles. The topological polar surface area (TPSA) is 87.0 Å². The maximum absolute atomic E-state index is 13.7. The van der Waals surface area contributed by atoms with E-state index < -0.39 is 29.4 Å². The van der Waals surface area contributed by atoms with E-state index in [2.05, 4.69) is 20.9 Å². The summed E-state index contributed by atoms with van der Waals surface area (Å²) in [5.74, 6) is -1.23. The third kappa shape index (κ3) is 5.03. The van der Waals surface area contributed by atoms with E-state index in [9.17, 15) is 18.8 Å². The van der Waals surface area contributed by atoms with Crippen LogP contribution < -0.4 is 19.6 Å². The summed E-state index contributed by atoms with van der Waals surface area (Å²) in [5, 5.41) is 0. The van der Waals surface area contributed by atoms with Gasteiger partial charge in [-0.05, 0) is 55.8 Å². The quantitative estimate of drug-likeness (QED) is 0.352. The predicted molar refractivity (Wildman–Crippen MR) is 132 cm³/mol. The molecule has 10 heteroatoms. The van der Waals surface area contributed by atoms with Gasteiger partial charge in [0.05, 0.1) is 28.5 Å². The standard InChI is InChI=1S/C25H20BrFN2O5S/c1-4-33-24(32)21-13(2)28-25-29(22(21)15-5-8-18(27)9-6-15)23(31)20(35-25)12-16-11-17(26)7-10-19(16)34-14(3)30/h5-12,22H,4H2,1-3H3/b20-12-/t22-/m1/s1. The Morgan fingerprint density at radius 3 is 2.60 bits per heavy atom. The highest BCUT2D eigenvalue weighted by atomic mass is 79.9. The average Bonchev–Trinajstić information content (AvgIpc) is 3.09. The molecular formula is C25H20BrFN2O5S. The summed E-state index contributed by atoms with van der Waals surface area (Å²) in [7, 11) is 0. The smallest absolute Gasteiger partial charge is 0.338 e. The van der Waals surface area contributed by atoms with Crippen LogP contribution in [0.15, 0.2) is 68.0 Å². The molecule has 0 radical (unpaired) electrons. The summed E-state index contributed by atoms with van der Waals surface area (Å²) < 4.78 is 26.6. The number of carbonyl (C=O) groups is 2. The number of nitrogens with zero attached hydrogens (tertiary/aromatic N) is 2. The van der Waals surface area contributed by atoms with E-state index in [1.54, 1.807) is 38.1 Å². The van der Waals surface area contributed by atoms with Gasteiger partial charge < -0.3 is 9.47 Å². The fraction of sp³-hybridized carbons (Fsp3) is 0.200. The maximum Gasteiger partial charge on any atom is 0.338 e. The monoisotopic (exact) mass is 558 g/mol. The number of allylic oxidation sites excluding steroid dienone is 1. The highest BCUT2D eigenvalue weighted by molar-refractivity contribution is 9.10. The zero-order valence-electron chi connectivity index (χ0n) is 19.0. The molecule has 0 spiro atoms. The summed E-state index contributed by atoms with van der Waals surface area (Å²) in [5.41, 5.74) is 1.28. The number of fused-ring (bicyclic) bond motifs is 1. The van der Waals surface area contributed by atoms with Crippen molar-refractivity contribution in [3.05, 3.63) is 94.8 Å². The van der Waals surface area contributed by atoms with Crippen LogP contribution in [0.25, 0.3) is 6.08 Å². The zero-order valence-corrected chi connectivity index (χ0v) is 21.4. The lowest BCUT2D eigenvalue weighted by atomic mass is 9.96. The Morgan fingerprint density at radius 2 is 1.94 bits per heavy atom. The number of ether oxygens (including phenoxy) is 2. The Morgan fingerprint density at radius 1 is 1.23 bits per heavy atom. The molecule has 1 atom stereocenters. The van der Waals surface area contributed by atoms with Gasteiger partial charge in [0.2, 0.25) is 0 Å². The number of rotatable bonds is 5. The Balaban J connectivity index is 1.96. The second-order valence-corrected chi connectivity index (χ2v) is 9.55. The zero-order chi connectivity index (χ0) is 25.3.